The molecule has 0 aliphatic rings. The van der Waals surface area contributed by atoms with Crippen molar-refractivity contribution in [2.75, 3.05) is 5.73 Å². The van der Waals surface area contributed by atoms with E-state index in [2.05, 4.69) is 4.98 Å². The first kappa shape index (κ1) is 9.79. The van der Waals surface area contributed by atoms with Gasteiger partial charge in [-0.15, -0.1) is 0 Å². The lowest BCUT2D eigenvalue weighted by Gasteiger charge is -1.99. The van der Waals surface area contributed by atoms with Gasteiger partial charge in [-0.1, -0.05) is 11.6 Å². The third kappa shape index (κ3) is 1.73. The zero-order chi connectivity index (χ0) is 11.0. The molecule has 0 aromatic carbocycles. The number of nitrogen functional groups attached to an aromatic ring is 1. The third-order valence-electron chi connectivity index (χ3n) is 2.00. The van der Waals surface area contributed by atoms with Crippen LogP contribution in [0.4, 0.5) is 5.69 Å². The number of carboxylic acid groups (broad SMARTS) is 1. The van der Waals surface area contributed by atoms with Crippen molar-refractivity contribution in [1.29, 1.82) is 0 Å². The van der Waals surface area contributed by atoms with Crippen LogP contribution in [0.2, 0.25) is 5.15 Å². The van der Waals surface area contributed by atoms with Crippen molar-refractivity contribution in [3.63, 3.8) is 0 Å². The van der Waals surface area contributed by atoms with Gasteiger partial charge in [0.05, 0.1) is 5.52 Å². The fraction of sp³-hybridized carbons (Fsp3) is 0.111. The van der Waals surface area contributed by atoms with E-state index in [0.717, 1.165) is 0 Å². The molecule has 2 heterocycles. The predicted octanol–water partition coefficient (Wildman–Crippen LogP) is 1.20. The highest BCUT2D eigenvalue weighted by Crippen LogP contribution is 2.20. The average molecular weight is 226 g/mol. The molecule has 0 atom stereocenters. The normalized spacial score (nSPS) is 10.7. The van der Waals surface area contributed by atoms with Gasteiger partial charge in [-0.25, -0.2) is 4.98 Å². The number of rotatable bonds is 2. The van der Waals surface area contributed by atoms with Gasteiger partial charge >= 0.3 is 5.97 Å². The fourth-order valence-electron chi connectivity index (χ4n) is 1.38. The molecule has 2 rings (SSSR count). The van der Waals surface area contributed by atoms with Gasteiger partial charge in [0.15, 0.2) is 5.15 Å². The molecular weight excluding hydrogens is 218 g/mol. The Kier molecular flexibility index (Phi) is 2.24. The summed E-state index contributed by atoms with van der Waals surface area (Å²) in [4.78, 5) is 14.5. The van der Waals surface area contributed by atoms with Crippen LogP contribution in [-0.2, 0) is 11.2 Å². The summed E-state index contributed by atoms with van der Waals surface area (Å²) in [5.41, 5.74) is 6.78. The van der Waals surface area contributed by atoms with Crippen LogP contribution in [0.5, 0.6) is 0 Å². The maximum Gasteiger partial charge on any atom is 0.311 e. The minimum Gasteiger partial charge on any atom is -0.481 e. The van der Waals surface area contributed by atoms with Crippen LogP contribution in [0.3, 0.4) is 0 Å². The van der Waals surface area contributed by atoms with Gasteiger partial charge < -0.3 is 10.8 Å². The van der Waals surface area contributed by atoms with Crippen molar-refractivity contribution in [2.45, 2.75) is 6.42 Å². The lowest BCUT2D eigenvalue weighted by Crippen LogP contribution is -2.05. The Morgan fingerprint density at radius 3 is 3.00 bits per heavy atom. The van der Waals surface area contributed by atoms with E-state index in [1.165, 1.54) is 0 Å². The topological polar surface area (TPSA) is 80.6 Å². The molecule has 0 unspecified atom stereocenters. The number of halogens is 1. The molecule has 0 aliphatic carbocycles. The Balaban J connectivity index is 2.64. The highest BCUT2D eigenvalue weighted by Gasteiger charge is 2.11. The van der Waals surface area contributed by atoms with Crippen LogP contribution in [-0.4, -0.2) is 20.5 Å². The number of hydrogen-bond acceptors (Lipinski definition) is 3. The first-order valence-corrected chi connectivity index (χ1v) is 4.59. The summed E-state index contributed by atoms with van der Waals surface area (Å²) in [6.45, 7) is 0. The number of carboxylic acids is 1. The maximum absolute atomic E-state index is 10.6. The molecule has 0 saturated carbocycles. The molecule has 0 fully saturated rings. The van der Waals surface area contributed by atoms with Crippen molar-refractivity contribution in [2.24, 2.45) is 0 Å². The van der Waals surface area contributed by atoms with Crippen LogP contribution in [0.25, 0.3) is 5.52 Å². The summed E-state index contributed by atoms with van der Waals surface area (Å²) in [6, 6.07) is 3.39. The molecular formula is C9H8ClN3O2. The standard InChI is InChI=1S/C9H8ClN3O2/c10-9-6-2-1-5(11)4-13(6)7(12-9)3-8(14)15/h1-2,4H,3,11H2,(H,14,15). The number of fused-ring (bicyclic) bond motifs is 1. The van der Waals surface area contributed by atoms with E-state index >= 15 is 0 Å². The molecule has 0 saturated heterocycles. The number of anilines is 1. The molecule has 0 bridgehead atoms. The van der Waals surface area contributed by atoms with E-state index in [0.29, 0.717) is 17.0 Å². The Bertz CT molecular complexity index is 535. The lowest BCUT2D eigenvalue weighted by atomic mass is 10.3. The van der Waals surface area contributed by atoms with Gasteiger partial charge in [0, 0.05) is 11.9 Å². The Morgan fingerprint density at radius 1 is 1.60 bits per heavy atom. The SMILES string of the molecule is Nc1ccc2c(Cl)nc(CC(=O)O)n2c1. The summed E-state index contributed by atoms with van der Waals surface area (Å²) < 4.78 is 1.59. The molecule has 2 aromatic heterocycles. The molecule has 0 aliphatic heterocycles. The Morgan fingerprint density at radius 2 is 2.33 bits per heavy atom. The van der Waals surface area contributed by atoms with Crippen LogP contribution in [0, 0.1) is 0 Å². The summed E-state index contributed by atoms with van der Waals surface area (Å²) in [7, 11) is 0. The minimum atomic E-state index is -0.957. The minimum absolute atomic E-state index is 0.183. The van der Waals surface area contributed by atoms with Gasteiger partial charge in [0.2, 0.25) is 0 Å². The summed E-state index contributed by atoms with van der Waals surface area (Å²) in [5.74, 6) is -0.587. The van der Waals surface area contributed by atoms with Crippen LogP contribution >= 0.6 is 11.6 Å². The number of nitrogens with two attached hydrogens (primary N) is 1. The van der Waals surface area contributed by atoms with Crippen molar-refractivity contribution < 1.29 is 9.90 Å². The number of carbonyl (C=O) groups is 1. The van der Waals surface area contributed by atoms with Crippen LogP contribution in [0.1, 0.15) is 5.82 Å². The monoisotopic (exact) mass is 225 g/mol. The van der Waals surface area contributed by atoms with E-state index in [-0.39, 0.29) is 11.6 Å². The molecule has 15 heavy (non-hydrogen) atoms. The molecule has 6 heteroatoms. The Hall–Kier alpha value is -1.75. The number of aromatic nitrogens is 2. The zero-order valence-electron chi connectivity index (χ0n) is 7.64. The molecule has 0 radical (unpaired) electrons. The number of hydrogen-bond donors (Lipinski definition) is 2. The second kappa shape index (κ2) is 3.43. The van der Waals surface area contributed by atoms with Crippen LogP contribution < -0.4 is 5.73 Å². The van der Waals surface area contributed by atoms with Gasteiger partial charge in [0.1, 0.15) is 12.2 Å². The predicted molar refractivity (Wildman–Crippen MR) is 56.0 cm³/mol. The van der Waals surface area contributed by atoms with Crippen molar-refractivity contribution in [3.05, 3.63) is 29.3 Å². The van der Waals surface area contributed by atoms with E-state index in [1.807, 2.05) is 0 Å². The molecule has 5 nitrogen and oxygen atoms in total. The number of aliphatic carboxylic acids is 1. The summed E-state index contributed by atoms with van der Waals surface area (Å²) >= 11 is 5.85. The molecule has 0 spiro atoms. The number of nitrogens with zero attached hydrogens (tertiary/aromatic N) is 2. The molecule has 3 N–H and O–H groups in total. The van der Waals surface area contributed by atoms with Crippen molar-refractivity contribution in [1.82, 2.24) is 9.38 Å². The zero-order valence-corrected chi connectivity index (χ0v) is 8.40. The van der Waals surface area contributed by atoms with Crippen molar-refractivity contribution >= 4 is 28.8 Å². The highest BCUT2D eigenvalue weighted by molar-refractivity contribution is 6.32. The second-order valence-electron chi connectivity index (χ2n) is 3.11. The van der Waals surface area contributed by atoms with Gasteiger partial charge in [0.25, 0.3) is 0 Å². The molecule has 2 aromatic rings. The largest absolute Gasteiger partial charge is 0.481 e. The number of pyridine rings is 1. The van der Waals surface area contributed by atoms with Gasteiger partial charge in [-0.3, -0.25) is 9.20 Å². The molecule has 0 amide bonds. The van der Waals surface area contributed by atoms with Gasteiger partial charge in [-0.2, -0.15) is 0 Å². The number of imidazole rings is 1. The highest BCUT2D eigenvalue weighted by atomic mass is 35.5. The van der Waals surface area contributed by atoms with E-state index in [4.69, 9.17) is 22.4 Å². The molecule has 78 valence electrons. The van der Waals surface area contributed by atoms with Crippen molar-refractivity contribution in [3.8, 4) is 0 Å². The third-order valence-corrected chi connectivity index (χ3v) is 2.28. The second-order valence-corrected chi connectivity index (χ2v) is 3.47. The first-order chi connectivity index (χ1) is 7.08. The smallest absolute Gasteiger partial charge is 0.311 e. The summed E-state index contributed by atoms with van der Waals surface area (Å²) in [6.07, 6.45) is 1.42. The quantitative estimate of drug-likeness (QED) is 0.805. The maximum atomic E-state index is 10.6. The Labute approximate surface area is 90.1 Å². The fourth-order valence-corrected chi connectivity index (χ4v) is 1.63. The van der Waals surface area contributed by atoms with Crippen LogP contribution in [0.15, 0.2) is 18.3 Å². The first-order valence-electron chi connectivity index (χ1n) is 4.21. The van der Waals surface area contributed by atoms with E-state index in [1.54, 1.807) is 22.7 Å². The van der Waals surface area contributed by atoms with E-state index in [9.17, 15) is 4.79 Å². The van der Waals surface area contributed by atoms with E-state index < -0.39 is 5.97 Å². The van der Waals surface area contributed by atoms with Gasteiger partial charge in [-0.05, 0) is 12.1 Å². The lowest BCUT2D eigenvalue weighted by molar-refractivity contribution is -0.136. The average Bonchev–Trinajstić information content (AvgIpc) is 2.42. The summed E-state index contributed by atoms with van der Waals surface area (Å²) in [5, 5.41) is 8.96.